The number of hydrogen-bond acceptors (Lipinski definition) is 3. The SMILES string of the molecule is CN=C(NCCc1cnn(C)c1)NCC(C)Cc1cccs1. The number of thiophene rings is 1. The van der Waals surface area contributed by atoms with Gasteiger partial charge in [-0.05, 0) is 35.8 Å². The van der Waals surface area contributed by atoms with Gasteiger partial charge >= 0.3 is 0 Å². The molecule has 1 unspecified atom stereocenters. The van der Waals surface area contributed by atoms with Crippen molar-refractivity contribution in [2.24, 2.45) is 18.0 Å². The van der Waals surface area contributed by atoms with Gasteiger partial charge in [0.25, 0.3) is 0 Å². The molecule has 2 aromatic rings. The van der Waals surface area contributed by atoms with Gasteiger partial charge in [-0.1, -0.05) is 13.0 Å². The number of nitrogens with zero attached hydrogens (tertiary/aromatic N) is 3. The molecule has 1 atom stereocenters. The van der Waals surface area contributed by atoms with Gasteiger partial charge in [0.15, 0.2) is 5.96 Å². The first-order valence-electron chi connectivity index (χ1n) is 7.62. The van der Waals surface area contributed by atoms with E-state index in [1.807, 2.05) is 42.5 Å². The highest BCUT2D eigenvalue weighted by Gasteiger charge is 2.06. The van der Waals surface area contributed by atoms with Gasteiger partial charge in [-0.3, -0.25) is 9.67 Å². The molecule has 0 saturated carbocycles. The van der Waals surface area contributed by atoms with Crippen LogP contribution >= 0.6 is 11.3 Å². The molecule has 0 radical (unpaired) electrons. The summed E-state index contributed by atoms with van der Waals surface area (Å²) in [5.41, 5.74) is 1.23. The second kappa shape index (κ2) is 8.58. The molecule has 0 spiro atoms. The van der Waals surface area contributed by atoms with Crippen LogP contribution in [-0.2, 0) is 19.9 Å². The number of aliphatic imine (C=N–C) groups is 1. The number of rotatable bonds is 7. The lowest BCUT2D eigenvalue weighted by Gasteiger charge is -2.15. The third kappa shape index (κ3) is 5.52. The van der Waals surface area contributed by atoms with Crippen LogP contribution < -0.4 is 10.6 Å². The molecule has 0 bridgehead atoms. The van der Waals surface area contributed by atoms with Crippen LogP contribution in [0.1, 0.15) is 17.4 Å². The standard InChI is InChI=1S/C16H25N5S/c1-13(9-15-5-4-8-22-15)10-19-16(17-2)18-7-6-14-11-20-21(3)12-14/h4-5,8,11-13H,6-7,9-10H2,1-3H3,(H2,17,18,19). The van der Waals surface area contributed by atoms with Crippen molar-refractivity contribution in [2.45, 2.75) is 19.8 Å². The van der Waals surface area contributed by atoms with E-state index in [-0.39, 0.29) is 0 Å². The van der Waals surface area contributed by atoms with Crippen molar-refractivity contribution in [1.82, 2.24) is 20.4 Å². The lowest BCUT2D eigenvalue weighted by Crippen LogP contribution is -2.40. The quantitative estimate of drug-likeness (QED) is 0.607. The minimum atomic E-state index is 0.579. The molecular formula is C16H25N5S. The zero-order valence-corrected chi connectivity index (χ0v) is 14.4. The maximum Gasteiger partial charge on any atom is 0.190 e. The third-order valence-corrected chi connectivity index (χ3v) is 4.33. The van der Waals surface area contributed by atoms with Crippen molar-refractivity contribution in [3.63, 3.8) is 0 Å². The Balaban J connectivity index is 1.66. The summed E-state index contributed by atoms with van der Waals surface area (Å²) in [6, 6.07) is 4.31. The van der Waals surface area contributed by atoms with Gasteiger partial charge in [0, 0.05) is 38.3 Å². The predicted octanol–water partition coefficient (Wildman–Crippen LogP) is 2.07. The molecule has 0 saturated heterocycles. The van der Waals surface area contributed by atoms with Gasteiger partial charge in [0.1, 0.15) is 0 Å². The minimum Gasteiger partial charge on any atom is -0.356 e. The Morgan fingerprint density at radius 1 is 1.45 bits per heavy atom. The Bertz CT molecular complexity index is 573. The zero-order valence-electron chi connectivity index (χ0n) is 13.5. The van der Waals surface area contributed by atoms with Crippen molar-refractivity contribution in [1.29, 1.82) is 0 Å². The molecule has 0 aliphatic carbocycles. The molecule has 0 fully saturated rings. The Hall–Kier alpha value is -1.82. The normalized spacial score (nSPS) is 13.1. The summed E-state index contributed by atoms with van der Waals surface area (Å²) in [5.74, 6) is 1.44. The van der Waals surface area contributed by atoms with Crippen LogP contribution in [0.3, 0.4) is 0 Å². The first-order valence-corrected chi connectivity index (χ1v) is 8.49. The van der Waals surface area contributed by atoms with Crippen molar-refractivity contribution in [2.75, 3.05) is 20.1 Å². The number of aromatic nitrogens is 2. The highest BCUT2D eigenvalue weighted by Crippen LogP contribution is 2.13. The maximum atomic E-state index is 4.27. The summed E-state index contributed by atoms with van der Waals surface area (Å²) in [6.45, 7) is 4.03. The van der Waals surface area contributed by atoms with E-state index in [4.69, 9.17) is 0 Å². The molecule has 0 aliphatic heterocycles. The van der Waals surface area contributed by atoms with E-state index < -0.39 is 0 Å². The van der Waals surface area contributed by atoms with Crippen molar-refractivity contribution >= 4 is 17.3 Å². The van der Waals surface area contributed by atoms with Crippen molar-refractivity contribution < 1.29 is 0 Å². The summed E-state index contributed by atoms with van der Waals surface area (Å²) in [5, 5.41) is 13.0. The van der Waals surface area contributed by atoms with E-state index in [0.717, 1.165) is 31.9 Å². The smallest absolute Gasteiger partial charge is 0.190 e. The second-order valence-corrected chi connectivity index (χ2v) is 6.57. The molecule has 2 N–H and O–H groups in total. The molecule has 2 heterocycles. The van der Waals surface area contributed by atoms with Gasteiger partial charge in [0.05, 0.1) is 6.20 Å². The second-order valence-electron chi connectivity index (χ2n) is 5.54. The number of nitrogens with one attached hydrogen (secondary N) is 2. The van der Waals surface area contributed by atoms with Gasteiger partial charge < -0.3 is 10.6 Å². The molecule has 2 aromatic heterocycles. The zero-order chi connectivity index (χ0) is 15.8. The van der Waals surface area contributed by atoms with Crippen LogP contribution in [-0.4, -0.2) is 35.9 Å². The Kier molecular flexibility index (Phi) is 6.45. The fraction of sp³-hybridized carbons (Fsp3) is 0.500. The van der Waals surface area contributed by atoms with E-state index in [9.17, 15) is 0 Å². The fourth-order valence-corrected chi connectivity index (χ4v) is 3.13. The highest BCUT2D eigenvalue weighted by molar-refractivity contribution is 7.09. The average molecular weight is 319 g/mol. The third-order valence-electron chi connectivity index (χ3n) is 3.44. The van der Waals surface area contributed by atoms with Gasteiger partial charge in [-0.15, -0.1) is 11.3 Å². The fourth-order valence-electron chi connectivity index (χ4n) is 2.26. The summed E-state index contributed by atoms with van der Waals surface area (Å²) >= 11 is 1.82. The Labute approximate surface area is 136 Å². The molecule has 2 rings (SSSR count). The van der Waals surface area contributed by atoms with Crippen LogP contribution in [0.15, 0.2) is 34.9 Å². The van der Waals surface area contributed by atoms with Gasteiger partial charge in [0.2, 0.25) is 0 Å². The topological polar surface area (TPSA) is 54.2 Å². The Morgan fingerprint density at radius 3 is 2.95 bits per heavy atom. The Morgan fingerprint density at radius 2 is 2.32 bits per heavy atom. The molecule has 0 aliphatic rings. The monoisotopic (exact) mass is 319 g/mol. The molecular weight excluding hydrogens is 294 g/mol. The average Bonchev–Trinajstić information content (AvgIpc) is 3.14. The lowest BCUT2D eigenvalue weighted by atomic mass is 10.1. The summed E-state index contributed by atoms with van der Waals surface area (Å²) in [4.78, 5) is 5.71. The molecule has 22 heavy (non-hydrogen) atoms. The highest BCUT2D eigenvalue weighted by atomic mass is 32.1. The first kappa shape index (κ1) is 16.5. The van der Waals surface area contributed by atoms with Crippen molar-refractivity contribution in [3.05, 3.63) is 40.3 Å². The molecule has 0 aromatic carbocycles. The number of guanidine groups is 1. The predicted molar refractivity (Wildman–Crippen MR) is 93.5 cm³/mol. The van der Waals surface area contributed by atoms with Crippen LogP contribution in [0.5, 0.6) is 0 Å². The van der Waals surface area contributed by atoms with Gasteiger partial charge in [-0.25, -0.2) is 0 Å². The number of aryl methyl sites for hydroxylation is 1. The molecule has 120 valence electrons. The van der Waals surface area contributed by atoms with Crippen LogP contribution in [0.25, 0.3) is 0 Å². The largest absolute Gasteiger partial charge is 0.356 e. The summed E-state index contributed by atoms with van der Waals surface area (Å²) in [7, 11) is 3.75. The van der Waals surface area contributed by atoms with Gasteiger partial charge in [-0.2, -0.15) is 5.10 Å². The van der Waals surface area contributed by atoms with Crippen LogP contribution in [0.4, 0.5) is 0 Å². The summed E-state index contributed by atoms with van der Waals surface area (Å²) < 4.78 is 1.83. The van der Waals surface area contributed by atoms with E-state index >= 15 is 0 Å². The summed E-state index contributed by atoms with van der Waals surface area (Å²) in [6.07, 6.45) is 6.00. The number of hydrogen-bond donors (Lipinski definition) is 2. The van der Waals surface area contributed by atoms with E-state index in [0.29, 0.717) is 5.92 Å². The van der Waals surface area contributed by atoms with E-state index in [1.54, 1.807) is 0 Å². The lowest BCUT2D eigenvalue weighted by molar-refractivity contribution is 0.562. The van der Waals surface area contributed by atoms with Crippen molar-refractivity contribution in [3.8, 4) is 0 Å². The molecule has 0 amide bonds. The molecule has 5 nitrogen and oxygen atoms in total. The molecule has 6 heteroatoms. The minimum absolute atomic E-state index is 0.579. The first-order chi connectivity index (χ1) is 10.7. The van der Waals surface area contributed by atoms with Crippen LogP contribution in [0, 0.1) is 5.92 Å². The van der Waals surface area contributed by atoms with E-state index in [2.05, 4.69) is 45.2 Å². The van der Waals surface area contributed by atoms with Crippen LogP contribution in [0.2, 0.25) is 0 Å². The van der Waals surface area contributed by atoms with E-state index in [1.165, 1.54) is 10.4 Å². The maximum absolute atomic E-state index is 4.27.